The average Bonchev–Trinajstić information content (AvgIpc) is 2.06. The quantitative estimate of drug-likeness (QED) is 0.533. The minimum absolute atomic E-state index is 0.880. The van der Waals surface area contributed by atoms with Crippen LogP contribution in [0.2, 0.25) is 0 Å². The summed E-state index contributed by atoms with van der Waals surface area (Å²) in [6.07, 6.45) is 5.22. The molecule has 0 heterocycles. The lowest BCUT2D eigenvalue weighted by atomic mass is 9.97. The van der Waals surface area contributed by atoms with Crippen molar-refractivity contribution >= 4 is 0 Å². The number of hydrogen-bond acceptors (Lipinski definition) is 0. The van der Waals surface area contributed by atoms with Crippen molar-refractivity contribution in [3.8, 4) is 0 Å². The SMILES string of the molecule is CCC.CCC.CCC(C)CC(C)C. The topological polar surface area (TPSA) is 0 Å². The van der Waals surface area contributed by atoms with Crippen LogP contribution in [-0.2, 0) is 0 Å². The molecule has 14 heavy (non-hydrogen) atoms. The van der Waals surface area contributed by atoms with Crippen molar-refractivity contribution in [1.29, 1.82) is 0 Å². The molecule has 1 atom stereocenters. The third-order valence-corrected chi connectivity index (χ3v) is 1.57. The Morgan fingerprint density at radius 1 is 0.714 bits per heavy atom. The van der Waals surface area contributed by atoms with Crippen LogP contribution >= 0.6 is 0 Å². The van der Waals surface area contributed by atoms with Gasteiger partial charge in [0, 0.05) is 0 Å². The molecule has 0 spiro atoms. The lowest BCUT2D eigenvalue weighted by Crippen LogP contribution is -1.97. The van der Waals surface area contributed by atoms with Crippen molar-refractivity contribution in [2.24, 2.45) is 11.8 Å². The Hall–Kier alpha value is 0. The minimum Gasteiger partial charge on any atom is -0.0656 e. The predicted molar refractivity (Wildman–Crippen MR) is 70.8 cm³/mol. The maximum atomic E-state index is 2.32. The van der Waals surface area contributed by atoms with E-state index >= 15 is 0 Å². The van der Waals surface area contributed by atoms with Crippen LogP contribution in [0.15, 0.2) is 0 Å². The van der Waals surface area contributed by atoms with E-state index in [2.05, 4.69) is 55.4 Å². The maximum absolute atomic E-state index is 2.32. The molecular formula is C14H34. The lowest BCUT2D eigenvalue weighted by Gasteiger charge is -2.09. The summed E-state index contributed by atoms with van der Waals surface area (Å²) >= 11 is 0. The molecule has 0 aromatic rings. The van der Waals surface area contributed by atoms with E-state index in [9.17, 15) is 0 Å². The third-order valence-electron chi connectivity index (χ3n) is 1.57. The molecule has 0 radical (unpaired) electrons. The van der Waals surface area contributed by atoms with Crippen LogP contribution < -0.4 is 0 Å². The maximum Gasteiger partial charge on any atom is -0.0443 e. The first kappa shape index (κ1) is 19.6. The second kappa shape index (κ2) is 18.7. The first-order valence-electron chi connectivity index (χ1n) is 6.49. The fourth-order valence-corrected chi connectivity index (χ4v) is 0.971. The van der Waals surface area contributed by atoms with Gasteiger partial charge in [0.2, 0.25) is 0 Å². The molecule has 0 rings (SSSR count). The van der Waals surface area contributed by atoms with Gasteiger partial charge in [-0.05, 0) is 18.3 Å². The minimum atomic E-state index is 0.880. The Morgan fingerprint density at radius 3 is 1.07 bits per heavy atom. The van der Waals surface area contributed by atoms with Gasteiger partial charge in [-0.1, -0.05) is 74.7 Å². The zero-order valence-corrected chi connectivity index (χ0v) is 12.0. The molecule has 0 aromatic heterocycles. The highest BCUT2D eigenvalue weighted by Gasteiger charge is 2.00. The van der Waals surface area contributed by atoms with E-state index in [1.54, 1.807) is 0 Å². The summed E-state index contributed by atoms with van der Waals surface area (Å²) in [6.45, 7) is 17.6. The third kappa shape index (κ3) is 40.3. The van der Waals surface area contributed by atoms with Crippen molar-refractivity contribution < 1.29 is 0 Å². The Balaban J connectivity index is -0.000000168. The van der Waals surface area contributed by atoms with E-state index < -0.39 is 0 Å². The summed E-state index contributed by atoms with van der Waals surface area (Å²) in [5.41, 5.74) is 0. The van der Waals surface area contributed by atoms with Crippen molar-refractivity contribution in [2.45, 2.75) is 81.1 Å². The van der Waals surface area contributed by atoms with Crippen LogP contribution in [0, 0.1) is 11.8 Å². The fraction of sp³-hybridized carbons (Fsp3) is 1.00. The van der Waals surface area contributed by atoms with Gasteiger partial charge in [0.05, 0.1) is 0 Å². The number of rotatable bonds is 3. The summed E-state index contributed by atoms with van der Waals surface area (Å²) < 4.78 is 0. The smallest absolute Gasteiger partial charge is 0.0443 e. The van der Waals surface area contributed by atoms with Gasteiger partial charge in [0.1, 0.15) is 0 Å². The van der Waals surface area contributed by atoms with Gasteiger partial charge in [0.15, 0.2) is 0 Å². The molecule has 0 aliphatic rings. The van der Waals surface area contributed by atoms with E-state index in [4.69, 9.17) is 0 Å². The largest absolute Gasteiger partial charge is 0.0656 e. The molecule has 1 unspecified atom stereocenters. The zero-order valence-electron chi connectivity index (χ0n) is 12.0. The second-order valence-corrected chi connectivity index (χ2v) is 4.56. The second-order valence-electron chi connectivity index (χ2n) is 4.56. The first-order chi connectivity index (χ1) is 6.49. The van der Waals surface area contributed by atoms with Gasteiger partial charge in [-0.2, -0.15) is 0 Å². The van der Waals surface area contributed by atoms with Crippen LogP contribution in [-0.4, -0.2) is 0 Å². The standard InChI is InChI=1S/C8H18.2C3H8/c1-5-8(4)6-7(2)3;2*1-3-2/h7-8H,5-6H2,1-4H3;2*3H2,1-2H3. The Kier molecular flexibility index (Phi) is 26.1. The van der Waals surface area contributed by atoms with Crippen molar-refractivity contribution in [3.05, 3.63) is 0 Å². The number of hydrogen-bond donors (Lipinski definition) is 0. The van der Waals surface area contributed by atoms with E-state index in [1.165, 1.54) is 25.7 Å². The first-order valence-corrected chi connectivity index (χ1v) is 6.49. The summed E-state index contributed by atoms with van der Waals surface area (Å²) in [6, 6.07) is 0. The molecule has 0 N–H and O–H groups in total. The van der Waals surface area contributed by atoms with Crippen molar-refractivity contribution in [2.75, 3.05) is 0 Å². The predicted octanol–water partition coefficient (Wildman–Crippen LogP) is 5.91. The van der Waals surface area contributed by atoms with Crippen LogP contribution in [0.4, 0.5) is 0 Å². The van der Waals surface area contributed by atoms with E-state index in [0.29, 0.717) is 0 Å². The Morgan fingerprint density at radius 2 is 1.00 bits per heavy atom. The van der Waals surface area contributed by atoms with Gasteiger partial charge in [-0.25, -0.2) is 0 Å². The monoisotopic (exact) mass is 202 g/mol. The van der Waals surface area contributed by atoms with E-state index in [0.717, 1.165) is 11.8 Å². The van der Waals surface area contributed by atoms with E-state index in [1.807, 2.05) is 0 Å². The average molecular weight is 202 g/mol. The van der Waals surface area contributed by atoms with Gasteiger partial charge in [-0.3, -0.25) is 0 Å². The fourth-order valence-electron chi connectivity index (χ4n) is 0.971. The molecule has 0 amide bonds. The van der Waals surface area contributed by atoms with Crippen LogP contribution in [0.5, 0.6) is 0 Å². The highest BCUT2D eigenvalue weighted by Crippen LogP contribution is 2.12. The van der Waals surface area contributed by atoms with Gasteiger partial charge in [0.25, 0.3) is 0 Å². The Labute approximate surface area is 93.5 Å². The van der Waals surface area contributed by atoms with Crippen LogP contribution in [0.3, 0.4) is 0 Å². The molecule has 0 saturated heterocycles. The molecule has 0 bridgehead atoms. The van der Waals surface area contributed by atoms with Crippen molar-refractivity contribution in [1.82, 2.24) is 0 Å². The molecule has 0 aromatic carbocycles. The Bertz CT molecular complexity index is 62.4. The summed E-state index contributed by atoms with van der Waals surface area (Å²) in [5, 5.41) is 0. The molecule has 0 aliphatic heterocycles. The summed E-state index contributed by atoms with van der Waals surface area (Å²) in [7, 11) is 0. The van der Waals surface area contributed by atoms with Crippen LogP contribution in [0.1, 0.15) is 81.1 Å². The molecule has 90 valence electrons. The zero-order chi connectivity index (χ0) is 12.0. The van der Waals surface area contributed by atoms with Gasteiger partial charge < -0.3 is 0 Å². The lowest BCUT2D eigenvalue weighted by molar-refractivity contribution is 0.429. The molecular weight excluding hydrogens is 168 g/mol. The highest BCUT2D eigenvalue weighted by atomic mass is 14.1. The molecule has 0 nitrogen and oxygen atoms in total. The molecule has 0 saturated carbocycles. The van der Waals surface area contributed by atoms with E-state index in [-0.39, 0.29) is 0 Å². The molecule has 0 aliphatic carbocycles. The van der Waals surface area contributed by atoms with Gasteiger partial charge in [-0.15, -0.1) is 0 Å². The summed E-state index contributed by atoms with van der Waals surface area (Å²) in [5.74, 6) is 1.81. The highest BCUT2D eigenvalue weighted by molar-refractivity contribution is 4.52. The van der Waals surface area contributed by atoms with Crippen molar-refractivity contribution in [3.63, 3.8) is 0 Å². The molecule has 0 heteroatoms. The van der Waals surface area contributed by atoms with Crippen LogP contribution in [0.25, 0.3) is 0 Å². The normalized spacial score (nSPS) is 10.9. The summed E-state index contributed by atoms with van der Waals surface area (Å²) in [4.78, 5) is 0. The van der Waals surface area contributed by atoms with Gasteiger partial charge >= 0.3 is 0 Å². The molecule has 0 fully saturated rings.